The molecule has 0 aliphatic heterocycles. The second-order valence-electron chi connectivity index (χ2n) is 9.69. The second-order valence-corrected chi connectivity index (χ2v) is 9.69. The van der Waals surface area contributed by atoms with Gasteiger partial charge in [0.05, 0.1) is 11.6 Å². The molecule has 0 saturated carbocycles. The van der Waals surface area contributed by atoms with Crippen LogP contribution in [0.15, 0.2) is 60.7 Å². The van der Waals surface area contributed by atoms with Gasteiger partial charge >= 0.3 is 0 Å². The number of hydrogen-bond donors (Lipinski definition) is 0. The molecular formula is C27H28FN. The molecule has 0 aliphatic rings. The summed E-state index contributed by atoms with van der Waals surface area (Å²) in [6.07, 6.45) is 0. The van der Waals surface area contributed by atoms with Crippen LogP contribution in [0.4, 0.5) is 4.39 Å². The van der Waals surface area contributed by atoms with Gasteiger partial charge < -0.3 is 0 Å². The minimum absolute atomic E-state index is 0.0528. The third kappa shape index (κ3) is 4.57. The highest BCUT2D eigenvalue weighted by molar-refractivity contribution is 5.75. The molecule has 3 aromatic rings. The highest BCUT2D eigenvalue weighted by atomic mass is 19.1. The zero-order chi connectivity index (χ0) is 21.4. The lowest BCUT2D eigenvalue weighted by molar-refractivity contribution is 0.584. The van der Waals surface area contributed by atoms with Gasteiger partial charge in [-0.05, 0) is 69.0 Å². The van der Waals surface area contributed by atoms with Crippen LogP contribution in [-0.4, -0.2) is 0 Å². The molecule has 0 atom stereocenters. The van der Waals surface area contributed by atoms with E-state index in [2.05, 4.69) is 53.7 Å². The SMILES string of the molecule is CC(C)(C)c1cc(C#N)cc(-c2cccc(-c3cc(C(C)(C)C)ccc3F)c2)c1. The Kier molecular flexibility index (Phi) is 5.37. The summed E-state index contributed by atoms with van der Waals surface area (Å²) in [6.45, 7) is 12.8. The monoisotopic (exact) mass is 385 g/mol. The predicted molar refractivity (Wildman–Crippen MR) is 119 cm³/mol. The van der Waals surface area contributed by atoms with Crippen LogP contribution < -0.4 is 0 Å². The fourth-order valence-corrected chi connectivity index (χ4v) is 3.37. The Bertz CT molecular complexity index is 1090. The summed E-state index contributed by atoms with van der Waals surface area (Å²) in [7, 11) is 0. The van der Waals surface area contributed by atoms with Crippen molar-refractivity contribution in [2.24, 2.45) is 0 Å². The first kappa shape index (κ1) is 20.8. The largest absolute Gasteiger partial charge is 0.206 e. The molecule has 0 spiro atoms. The van der Waals surface area contributed by atoms with Crippen LogP contribution in [0.1, 0.15) is 58.2 Å². The summed E-state index contributed by atoms with van der Waals surface area (Å²) in [5, 5.41) is 9.48. The summed E-state index contributed by atoms with van der Waals surface area (Å²) in [4.78, 5) is 0. The quantitative estimate of drug-likeness (QED) is 0.445. The molecule has 3 rings (SSSR count). The van der Waals surface area contributed by atoms with Crippen molar-refractivity contribution in [3.63, 3.8) is 0 Å². The topological polar surface area (TPSA) is 23.8 Å². The molecule has 0 amide bonds. The van der Waals surface area contributed by atoms with Gasteiger partial charge in [0.25, 0.3) is 0 Å². The van der Waals surface area contributed by atoms with Gasteiger partial charge in [0.15, 0.2) is 0 Å². The highest BCUT2D eigenvalue weighted by Crippen LogP contribution is 2.34. The standard InChI is InChI=1S/C27H28FN/c1-26(2,3)22-10-11-25(28)24(16-22)20-9-7-8-19(14-20)21-12-18(17-29)13-23(15-21)27(4,5)6/h7-16H,1-6H3. The lowest BCUT2D eigenvalue weighted by atomic mass is 9.83. The smallest absolute Gasteiger partial charge is 0.131 e. The van der Waals surface area contributed by atoms with Gasteiger partial charge in [-0.3, -0.25) is 0 Å². The Labute approximate surface area is 173 Å². The molecule has 29 heavy (non-hydrogen) atoms. The van der Waals surface area contributed by atoms with Crippen molar-refractivity contribution < 1.29 is 4.39 Å². The summed E-state index contributed by atoms with van der Waals surface area (Å²) >= 11 is 0. The average Bonchev–Trinajstić information content (AvgIpc) is 2.66. The minimum Gasteiger partial charge on any atom is -0.206 e. The zero-order valence-electron chi connectivity index (χ0n) is 18.1. The van der Waals surface area contributed by atoms with Gasteiger partial charge in [0, 0.05) is 5.56 Å². The maximum Gasteiger partial charge on any atom is 0.131 e. The minimum atomic E-state index is -0.226. The Morgan fingerprint density at radius 3 is 1.97 bits per heavy atom. The third-order valence-electron chi connectivity index (χ3n) is 5.27. The van der Waals surface area contributed by atoms with E-state index in [0.717, 1.165) is 27.8 Å². The zero-order valence-corrected chi connectivity index (χ0v) is 18.1. The summed E-state index contributed by atoms with van der Waals surface area (Å²) in [5.41, 5.74) is 6.12. The molecule has 0 unspecified atom stereocenters. The van der Waals surface area contributed by atoms with E-state index in [4.69, 9.17) is 0 Å². The van der Waals surface area contributed by atoms with Crippen LogP contribution in [-0.2, 0) is 10.8 Å². The van der Waals surface area contributed by atoms with Crippen LogP contribution in [0.25, 0.3) is 22.3 Å². The van der Waals surface area contributed by atoms with E-state index in [1.807, 2.05) is 48.5 Å². The Morgan fingerprint density at radius 1 is 0.690 bits per heavy atom. The number of rotatable bonds is 2. The van der Waals surface area contributed by atoms with Crippen molar-refractivity contribution in [2.75, 3.05) is 0 Å². The van der Waals surface area contributed by atoms with Crippen LogP contribution >= 0.6 is 0 Å². The molecule has 0 aliphatic carbocycles. The van der Waals surface area contributed by atoms with Gasteiger partial charge in [-0.2, -0.15) is 5.26 Å². The molecule has 0 radical (unpaired) electrons. The van der Waals surface area contributed by atoms with Gasteiger partial charge in [0.2, 0.25) is 0 Å². The van der Waals surface area contributed by atoms with Gasteiger partial charge in [-0.25, -0.2) is 4.39 Å². The van der Waals surface area contributed by atoms with Crippen LogP contribution in [0.2, 0.25) is 0 Å². The average molecular weight is 386 g/mol. The van der Waals surface area contributed by atoms with Gasteiger partial charge in [0.1, 0.15) is 5.82 Å². The van der Waals surface area contributed by atoms with Crippen molar-refractivity contribution in [1.82, 2.24) is 0 Å². The molecule has 0 aromatic heterocycles. The first-order valence-corrected chi connectivity index (χ1v) is 9.95. The fourth-order valence-electron chi connectivity index (χ4n) is 3.37. The molecule has 0 heterocycles. The summed E-state index contributed by atoms with van der Waals surface area (Å²) in [6, 6.07) is 21.5. The third-order valence-corrected chi connectivity index (χ3v) is 5.27. The molecule has 0 bridgehead atoms. The molecule has 3 aromatic carbocycles. The maximum absolute atomic E-state index is 14.7. The van der Waals surface area contributed by atoms with E-state index in [-0.39, 0.29) is 16.6 Å². The van der Waals surface area contributed by atoms with Crippen molar-refractivity contribution >= 4 is 0 Å². The number of nitriles is 1. The summed E-state index contributed by atoms with van der Waals surface area (Å²) in [5.74, 6) is -0.226. The number of nitrogens with zero attached hydrogens (tertiary/aromatic N) is 1. The Balaban J connectivity index is 2.14. The van der Waals surface area contributed by atoms with E-state index >= 15 is 0 Å². The van der Waals surface area contributed by atoms with E-state index in [9.17, 15) is 9.65 Å². The lowest BCUT2D eigenvalue weighted by Gasteiger charge is -2.21. The molecule has 148 valence electrons. The first-order valence-electron chi connectivity index (χ1n) is 9.95. The van der Waals surface area contributed by atoms with E-state index in [1.54, 1.807) is 6.07 Å². The normalized spacial score (nSPS) is 11.9. The predicted octanol–water partition coefficient (Wildman–Crippen LogP) is 7.63. The Morgan fingerprint density at radius 2 is 1.34 bits per heavy atom. The van der Waals surface area contributed by atoms with Gasteiger partial charge in [-0.15, -0.1) is 0 Å². The molecular weight excluding hydrogens is 357 g/mol. The maximum atomic E-state index is 14.7. The number of benzene rings is 3. The highest BCUT2D eigenvalue weighted by Gasteiger charge is 2.18. The molecule has 2 heteroatoms. The molecule has 0 N–H and O–H groups in total. The lowest BCUT2D eigenvalue weighted by Crippen LogP contribution is -2.11. The molecule has 0 saturated heterocycles. The van der Waals surface area contributed by atoms with E-state index in [1.165, 1.54) is 0 Å². The van der Waals surface area contributed by atoms with Crippen molar-refractivity contribution in [3.05, 3.63) is 83.2 Å². The first-order chi connectivity index (χ1) is 13.5. The van der Waals surface area contributed by atoms with Crippen LogP contribution in [0.3, 0.4) is 0 Å². The fraction of sp³-hybridized carbons (Fsp3) is 0.296. The molecule has 1 nitrogen and oxygen atoms in total. The van der Waals surface area contributed by atoms with E-state index < -0.39 is 0 Å². The second kappa shape index (κ2) is 7.48. The Hall–Kier alpha value is -2.92. The van der Waals surface area contributed by atoms with Crippen molar-refractivity contribution in [1.29, 1.82) is 5.26 Å². The van der Waals surface area contributed by atoms with Gasteiger partial charge in [-0.1, -0.05) is 71.9 Å². The summed E-state index contributed by atoms with van der Waals surface area (Å²) < 4.78 is 14.7. The van der Waals surface area contributed by atoms with Crippen molar-refractivity contribution in [3.8, 4) is 28.3 Å². The number of hydrogen-bond acceptors (Lipinski definition) is 1. The van der Waals surface area contributed by atoms with Crippen molar-refractivity contribution in [2.45, 2.75) is 52.4 Å². The molecule has 0 fully saturated rings. The van der Waals surface area contributed by atoms with Crippen LogP contribution in [0.5, 0.6) is 0 Å². The van der Waals surface area contributed by atoms with Crippen LogP contribution in [0, 0.1) is 17.1 Å². The number of halogens is 1. The van der Waals surface area contributed by atoms with E-state index in [0.29, 0.717) is 11.1 Å².